The van der Waals surface area contributed by atoms with E-state index in [9.17, 15) is 0 Å². The highest BCUT2D eigenvalue weighted by Gasteiger charge is 2.35. The highest BCUT2D eigenvalue weighted by molar-refractivity contribution is 6.31. The highest BCUT2D eigenvalue weighted by Crippen LogP contribution is 2.37. The van der Waals surface area contributed by atoms with Crippen LogP contribution in [0.4, 0.5) is 0 Å². The van der Waals surface area contributed by atoms with Gasteiger partial charge in [-0.3, -0.25) is 4.90 Å². The van der Waals surface area contributed by atoms with Crippen LogP contribution in [0.5, 0.6) is 0 Å². The molecule has 1 saturated carbocycles. The third kappa shape index (κ3) is 2.90. The molecule has 1 aliphatic carbocycles. The van der Waals surface area contributed by atoms with Gasteiger partial charge >= 0.3 is 0 Å². The van der Waals surface area contributed by atoms with Gasteiger partial charge in [0.05, 0.1) is 12.8 Å². The second kappa shape index (κ2) is 6.00. The molecule has 0 saturated heterocycles. The molecule has 2 aromatic rings. The zero-order valence-corrected chi connectivity index (χ0v) is 12.1. The number of nitrogens with two attached hydrogens (primary N) is 1. The Hall–Kier alpha value is -1.29. The van der Waals surface area contributed by atoms with E-state index in [1.54, 1.807) is 6.26 Å². The molecule has 106 valence electrons. The number of furan rings is 1. The molecule has 0 aliphatic heterocycles. The zero-order valence-electron chi connectivity index (χ0n) is 11.3. The van der Waals surface area contributed by atoms with E-state index in [2.05, 4.69) is 11.0 Å². The minimum Gasteiger partial charge on any atom is -0.468 e. The van der Waals surface area contributed by atoms with E-state index in [0.717, 1.165) is 22.9 Å². The van der Waals surface area contributed by atoms with Crippen molar-refractivity contribution in [1.29, 1.82) is 0 Å². The van der Waals surface area contributed by atoms with E-state index in [-0.39, 0.29) is 6.04 Å². The molecule has 1 heterocycles. The molecular weight excluding hydrogens is 272 g/mol. The first-order chi connectivity index (χ1) is 9.79. The van der Waals surface area contributed by atoms with Crippen LogP contribution in [-0.4, -0.2) is 17.5 Å². The van der Waals surface area contributed by atoms with Gasteiger partial charge in [0.1, 0.15) is 5.76 Å². The van der Waals surface area contributed by atoms with E-state index in [0.29, 0.717) is 12.6 Å². The van der Waals surface area contributed by atoms with Crippen molar-refractivity contribution in [3.05, 3.63) is 59.0 Å². The molecule has 1 fully saturated rings. The molecule has 4 heteroatoms. The molecule has 1 aliphatic rings. The SMILES string of the molecule is NCC(c1ccccc1Cl)N(Cc1ccco1)C1CC1. The predicted molar refractivity (Wildman–Crippen MR) is 80.5 cm³/mol. The van der Waals surface area contributed by atoms with Crippen molar-refractivity contribution in [1.82, 2.24) is 4.90 Å². The van der Waals surface area contributed by atoms with E-state index in [1.807, 2.05) is 30.3 Å². The summed E-state index contributed by atoms with van der Waals surface area (Å²) in [6.45, 7) is 1.34. The summed E-state index contributed by atoms with van der Waals surface area (Å²) in [5, 5.41) is 0.785. The van der Waals surface area contributed by atoms with Crippen molar-refractivity contribution >= 4 is 11.6 Å². The molecule has 1 aromatic heterocycles. The summed E-state index contributed by atoms with van der Waals surface area (Å²) in [6.07, 6.45) is 4.16. The van der Waals surface area contributed by atoms with Crippen molar-refractivity contribution in [3.8, 4) is 0 Å². The lowest BCUT2D eigenvalue weighted by Gasteiger charge is -2.31. The molecule has 0 radical (unpaired) electrons. The second-order valence-corrected chi connectivity index (χ2v) is 5.66. The lowest BCUT2D eigenvalue weighted by molar-refractivity contribution is 0.168. The van der Waals surface area contributed by atoms with Gasteiger partial charge in [-0.2, -0.15) is 0 Å². The molecule has 3 rings (SSSR count). The minimum atomic E-state index is 0.140. The van der Waals surface area contributed by atoms with Gasteiger partial charge in [0.15, 0.2) is 0 Å². The Balaban J connectivity index is 1.86. The number of benzene rings is 1. The third-order valence-corrected chi connectivity index (χ3v) is 4.17. The number of rotatable bonds is 6. The van der Waals surface area contributed by atoms with Gasteiger partial charge in [-0.05, 0) is 36.6 Å². The second-order valence-electron chi connectivity index (χ2n) is 5.26. The maximum absolute atomic E-state index is 6.34. The summed E-state index contributed by atoms with van der Waals surface area (Å²) in [6, 6.07) is 12.6. The minimum absolute atomic E-state index is 0.140. The Bertz CT molecular complexity index is 551. The van der Waals surface area contributed by atoms with Crippen LogP contribution in [0, 0.1) is 0 Å². The topological polar surface area (TPSA) is 42.4 Å². The van der Waals surface area contributed by atoms with Crippen LogP contribution >= 0.6 is 11.6 Å². The number of hydrogen-bond donors (Lipinski definition) is 1. The van der Waals surface area contributed by atoms with Crippen LogP contribution < -0.4 is 5.73 Å². The van der Waals surface area contributed by atoms with Gasteiger partial charge in [0.25, 0.3) is 0 Å². The first-order valence-electron chi connectivity index (χ1n) is 7.02. The summed E-state index contributed by atoms with van der Waals surface area (Å²) in [5.41, 5.74) is 7.14. The maximum atomic E-state index is 6.34. The molecule has 3 nitrogen and oxygen atoms in total. The van der Waals surface area contributed by atoms with Gasteiger partial charge in [-0.15, -0.1) is 0 Å². The van der Waals surface area contributed by atoms with E-state index >= 15 is 0 Å². The molecular formula is C16H19ClN2O. The molecule has 2 N–H and O–H groups in total. The van der Waals surface area contributed by atoms with Gasteiger partial charge in [-0.25, -0.2) is 0 Å². The zero-order chi connectivity index (χ0) is 13.9. The Morgan fingerprint density at radius 1 is 1.25 bits per heavy atom. The van der Waals surface area contributed by atoms with Crippen LogP contribution in [-0.2, 0) is 6.54 Å². The molecule has 1 atom stereocenters. The van der Waals surface area contributed by atoms with E-state index in [4.69, 9.17) is 21.8 Å². The smallest absolute Gasteiger partial charge is 0.117 e. The van der Waals surface area contributed by atoms with E-state index in [1.165, 1.54) is 12.8 Å². The van der Waals surface area contributed by atoms with Crippen molar-refractivity contribution < 1.29 is 4.42 Å². The van der Waals surface area contributed by atoms with Gasteiger partial charge in [-0.1, -0.05) is 29.8 Å². The summed E-state index contributed by atoms with van der Waals surface area (Å²) in [5.74, 6) is 0.974. The number of nitrogens with zero attached hydrogens (tertiary/aromatic N) is 1. The Morgan fingerprint density at radius 3 is 2.65 bits per heavy atom. The summed E-state index contributed by atoms with van der Waals surface area (Å²) < 4.78 is 5.49. The fraction of sp³-hybridized carbons (Fsp3) is 0.375. The Morgan fingerprint density at radius 2 is 2.05 bits per heavy atom. The predicted octanol–water partition coefficient (Wildman–Crippen LogP) is 3.60. The fourth-order valence-corrected chi connectivity index (χ4v) is 2.93. The average Bonchev–Trinajstić information content (AvgIpc) is 3.18. The summed E-state index contributed by atoms with van der Waals surface area (Å²) >= 11 is 6.34. The standard InChI is InChI=1S/C16H19ClN2O/c17-15-6-2-1-5-14(15)16(10-18)19(12-7-8-12)11-13-4-3-9-20-13/h1-6,9,12,16H,7-8,10-11,18H2. The number of halogens is 1. The van der Waals surface area contributed by atoms with Crippen molar-refractivity contribution in [2.45, 2.75) is 31.5 Å². The number of hydrogen-bond acceptors (Lipinski definition) is 3. The van der Waals surface area contributed by atoms with Crippen molar-refractivity contribution in [3.63, 3.8) is 0 Å². The summed E-state index contributed by atoms with van der Waals surface area (Å²) in [4.78, 5) is 2.42. The quantitative estimate of drug-likeness (QED) is 0.884. The van der Waals surface area contributed by atoms with Crippen LogP contribution in [0.25, 0.3) is 0 Å². The Labute approximate surface area is 124 Å². The molecule has 0 spiro atoms. The van der Waals surface area contributed by atoms with Crippen LogP contribution in [0.3, 0.4) is 0 Å². The lowest BCUT2D eigenvalue weighted by atomic mass is 10.0. The molecule has 20 heavy (non-hydrogen) atoms. The molecule has 1 aromatic carbocycles. The lowest BCUT2D eigenvalue weighted by Crippen LogP contribution is -2.35. The van der Waals surface area contributed by atoms with E-state index < -0.39 is 0 Å². The molecule has 0 bridgehead atoms. The van der Waals surface area contributed by atoms with Gasteiger partial charge < -0.3 is 10.2 Å². The highest BCUT2D eigenvalue weighted by atomic mass is 35.5. The van der Waals surface area contributed by atoms with Crippen LogP contribution in [0.2, 0.25) is 5.02 Å². The largest absolute Gasteiger partial charge is 0.468 e. The first kappa shape index (κ1) is 13.7. The van der Waals surface area contributed by atoms with Crippen molar-refractivity contribution in [2.24, 2.45) is 5.73 Å². The normalized spacial score (nSPS) is 16.6. The van der Waals surface area contributed by atoms with Crippen LogP contribution in [0.15, 0.2) is 47.1 Å². The summed E-state index contributed by atoms with van der Waals surface area (Å²) in [7, 11) is 0. The van der Waals surface area contributed by atoms with Gasteiger partial charge in [0.2, 0.25) is 0 Å². The Kier molecular flexibility index (Phi) is 4.10. The average molecular weight is 291 g/mol. The molecule has 1 unspecified atom stereocenters. The van der Waals surface area contributed by atoms with Gasteiger partial charge in [0, 0.05) is 23.7 Å². The maximum Gasteiger partial charge on any atom is 0.117 e. The molecule has 0 amide bonds. The van der Waals surface area contributed by atoms with Crippen LogP contribution in [0.1, 0.15) is 30.2 Å². The van der Waals surface area contributed by atoms with Crippen molar-refractivity contribution in [2.75, 3.05) is 6.54 Å². The monoisotopic (exact) mass is 290 g/mol. The fourth-order valence-electron chi connectivity index (χ4n) is 2.67. The first-order valence-corrected chi connectivity index (χ1v) is 7.40. The third-order valence-electron chi connectivity index (χ3n) is 3.82.